The molecule has 1 atom stereocenters. The molecule has 1 aromatic rings. The van der Waals surface area contributed by atoms with Gasteiger partial charge in [-0.25, -0.2) is 13.1 Å². The fraction of sp³-hybridized carbons (Fsp3) is 0.652. The van der Waals surface area contributed by atoms with Crippen LogP contribution in [0.2, 0.25) is 0 Å². The Hall–Kier alpha value is -2.04. The van der Waals surface area contributed by atoms with Crippen molar-refractivity contribution in [2.75, 3.05) is 6.54 Å². The highest BCUT2D eigenvalue weighted by Gasteiger charge is 2.36. The number of carbonyl (C=O) groups excluding carboxylic acids is 1. The van der Waals surface area contributed by atoms with Gasteiger partial charge in [0.1, 0.15) is 23.0 Å². The SMILES string of the molecule is Cc1c(C)c(S(=O)(=O)NC(N)=NCCC[C@@H](N)C(=O)OC(C)(C)C)c(C)c2c1OC(C)(C)C2.Cl. The first-order valence-electron chi connectivity index (χ1n) is 11.1. The minimum atomic E-state index is -3.95. The van der Waals surface area contributed by atoms with E-state index in [1.807, 2.05) is 20.8 Å². The molecular formula is C23H39ClN4O5S. The summed E-state index contributed by atoms with van der Waals surface area (Å²) in [6.07, 6.45) is 1.42. The molecule has 0 amide bonds. The third-order valence-electron chi connectivity index (χ3n) is 5.46. The Bertz CT molecular complexity index is 1060. The van der Waals surface area contributed by atoms with Crippen LogP contribution in [0.15, 0.2) is 9.89 Å². The number of nitrogens with two attached hydrogens (primary N) is 2. The average molecular weight is 519 g/mol. The van der Waals surface area contributed by atoms with Gasteiger partial charge in [0.25, 0.3) is 10.0 Å². The van der Waals surface area contributed by atoms with Gasteiger partial charge in [0.15, 0.2) is 0 Å². The summed E-state index contributed by atoms with van der Waals surface area (Å²) < 4.78 is 40.0. The minimum absolute atomic E-state index is 0. The Morgan fingerprint density at radius 3 is 2.35 bits per heavy atom. The molecule has 0 aliphatic carbocycles. The number of rotatable bonds is 7. The van der Waals surface area contributed by atoms with Crippen LogP contribution in [-0.4, -0.2) is 44.1 Å². The molecule has 0 spiro atoms. The van der Waals surface area contributed by atoms with Crippen LogP contribution in [0.5, 0.6) is 5.75 Å². The molecule has 0 aromatic heterocycles. The maximum Gasteiger partial charge on any atom is 0.323 e. The molecule has 9 nitrogen and oxygen atoms in total. The number of carbonyl (C=O) groups is 1. The van der Waals surface area contributed by atoms with Crippen LogP contribution in [0.1, 0.15) is 69.7 Å². The summed E-state index contributed by atoms with van der Waals surface area (Å²) in [7, 11) is -3.95. The van der Waals surface area contributed by atoms with E-state index in [1.165, 1.54) is 0 Å². The highest BCUT2D eigenvalue weighted by molar-refractivity contribution is 7.90. The van der Waals surface area contributed by atoms with Crippen molar-refractivity contribution in [3.05, 3.63) is 22.3 Å². The van der Waals surface area contributed by atoms with Gasteiger partial charge >= 0.3 is 5.97 Å². The monoisotopic (exact) mass is 518 g/mol. The number of nitrogens with one attached hydrogen (secondary N) is 1. The summed E-state index contributed by atoms with van der Waals surface area (Å²) in [5.41, 5.74) is 13.7. The number of fused-ring (bicyclic) bond motifs is 1. The third kappa shape index (κ3) is 7.23. The van der Waals surface area contributed by atoms with Gasteiger partial charge in [0.05, 0.1) is 4.90 Å². The second kappa shape index (κ2) is 10.7. The van der Waals surface area contributed by atoms with Crippen molar-refractivity contribution in [3.8, 4) is 5.75 Å². The van der Waals surface area contributed by atoms with Gasteiger partial charge in [0, 0.05) is 18.5 Å². The average Bonchev–Trinajstić information content (AvgIpc) is 2.97. The zero-order valence-corrected chi connectivity index (χ0v) is 23.0. The standard InChI is InChI=1S/C23H38N4O5S.ClH/c1-13-14(2)19(15(3)16-12-23(7,8)31-18(13)16)33(29,30)27-21(25)26-11-9-10-17(24)20(28)32-22(4,5)6;/h17H,9-12,24H2,1-8H3,(H3,25,26,27);1H/t17-;/m1./s1. The number of guanidine groups is 1. The number of hydrogen-bond acceptors (Lipinski definition) is 7. The fourth-order valence-electron chi connectivity index (χ4n) is 3.87. The minimum Gasteiger partial charge on any atom is -0.487 e. The molecule has 34 heavy (non-hydrogen) atoms. The van der Waals surface area contributed by atoms with E-state index in [9.17, 15) is 13.2 Å². The van der Waals surface area contributed by atoms with Gasteiger partial charge in [-0.3, -0.25) is 9.79 Å². The van der Waals surface area contributed by atoms with Crippen LogP contribution < -0.4 is 20.9 Å². The van der Waals surface area contributed by atoms with Crippen LogP contribution in [-0.2, 0) is 26.0 Å². The molecule has 194 valence electrons. The molecule has 0 radical (unpaired) electrons. The van der Waals surface area contributed by atoms with Crippen LogP contribution in [0.3, 0.4) is 0 Å². The van der Waals surface area contributed by atoms with E-state index in [1.54, 1.807) is 34.6 Å². The zero-order valence-electron chi connectivity index (χ0n) is 21.4. The van der Waals surface area contributed by atoms with Crippen LogP contribution in [0, 0.1) is 20.8 Å². The van der Waals surface area contributed by atoms with Crippen molar-refractivity contribution in [2.24, 2.45) is 16.5 Å². The van der Waals surface area contributed by atoms with Crippen LogP contribution >= 0.6 is 12.4 Å². The van der Waals surface area contributed by atoms with Crippen molar-refractivity contribution in [1.82, 2.24) is 4.72 Å². The highest BCUT2D eigenvalue weighted by atomic mass is 35.5. The van der Waals surface area contributed by atoms with Crippen molar-refractivity contribution in [1.29, 1.82) is 0 Å². The lowest BCUT2D eigenvalue weighted by molar-refractivity contribution is -0.156. The normalized spacial score (nSPS) is 16.2. The van der Waals surface area contributed by atoms with Gasteiger partial charge in [-0.15, -0.1) is 12.4 Å². The lowest BCUT2D eigenvalue weighted by atomic mass is 9.94. The van der Waals surface area contributed by atoms with Gasteiger partial charge < -0.3 is 20.9 Å². The Morgan fingerprint density at radius 2 is 1.79 bits per heavy atom. The van der Waals surface area contributed by atoms with E-state index in [0.717, 1.165) is 16.9 Å². The zero-order chi connectivity index (χ0) is 25.4. The summed E-state index contributed by atoms with van der Waals surface area (Å²) in [4.78, 5) is 16.2. The fourth-order valence-corrected chi connectivity index (χ4v) is 5.40. The summed E-state index contributed by atoms with van der Waals surface area (Å²) >= 11 is 0. The van der Waals surface area contributed by atoms with Gasteiger partial charge in [0.2, 0.25) is 5.96 Å². The van der Waals surface area contributed by atoms with E-state index in [4.69, 9.17) is 20.9 Å². The van der Waals surface area contributed by atoms with Crippen molar-refractivity contribution in [2.45, 2.75) is 96.8 Å². The molecule has 1 aliphatic heterocycles. The van der Waals surface area contributed by atoms with E-state index in [2.05, 4.69) is 9.71 Å². The van der Waals surface area contributed by atoms with Crippen LogP contribution in [0.4, 0.5) is 0 Å². The highest BCUT2D eigenvalue weighted by Crippen LogP contribution is 2.43. The molecule has 1 heterocycles. The summed E-state index contributed by atoms with van der Waals surface area (Å²) in [6, 6.07) is -0.775. The molecule has 0 unspecified atom stereocenters. The summed E-state index contributed by atoms with van der Waals surface area (Å²) in [5.74, 6) is 0.0662. The molecule has 1 aliphatic rings. The molecule has 1 aromatic carbocycles. The number of nitrogens with zero attached hydrogens (tertiary/aromatic N) is 1. The molecule has 0 saturated heterocycles. The Morgan fingerprint density at radius 1 is 1.21 bits per heavy atom. The largest absolute Gasteiger partial charge is 0.487 e. The lowest BCUT2D eigenvalue weighted by Gasteiger charge is -2.22. The topological polar surface area (TPSA) is 146 Å². The van der Waals surface area contributed by atoms with Gasteiger partial charge in [-0.2, -0.15) is 0 Å². The first-order chi connectivity index (χ1) is 14.9. The number of hydrogen-bond donors (Lipinski definition) is 3. The number of aliphatic imine (C=N–C) groups is 1. The van der Waals surface area contributed by atoms with E-state index in [-0.39, 0.29) is 35.4 Å². The van der Waals surface area contributed by atoms with Gasteiger partial charge in [-0.05, 0) is 84.9 Å². The van der Waals surface area contributed by atoms with Gasteiger partial charge in [-0.1, -0.05) is 0 Å². The molecule has 2 rings (SSSR count). The number of halogens is 1. The molecule has 0 saturated carbocycles. The molecule has 5 N–H and O–H groups in total. The predicted molar refractivity (Wildman–Crippen MR) is 136 cm³/mol. The van der Waals surface area contributed by atoms with Crippen molar-refractivity contribution in [3.63, 3.8) is 0 Å². The molecule has 0 fully saturated rings. The Labute approximate surface area is 209 Å². The predicted octanol–water partition coefficient (Wildman–Crippen LogP) is 2.79. The van der Waals surface area contributed by atoms with Crippen molar-refractivity contribution < 1.29 is 22.7 Å². The smallest absolute Gasteiger partial charge is 0.323 e. The quantitative estimate of drug-likeness (QED) is 0.217. The molecule has 0 bridgehead atoms. The second-order valence-corrected chi connectivity index (χ2v) is 11.8. The van der Waals surface area contributed by atoms with Crippen LogP contribution in [0.25, 0.3) is 0 Å². The number of ether oxygens (including phenoxy) is 2. The first kappa shape index (κ1) is 30.0. The Balaban J connectivity index is 0.00000578. The lowest BCUT2D eigenvalue weighted by Crippen LogP contribution is -2.38. The van der Waals surface area contributed by atoms with E-state index >= 15 is 0 Å². The third-order valence-corrected chi connectivity index (χ3v) is 7.09. The van der Waals surface area contributed by atoms with E-state index < -0.39 is 27.6 Å². The van der Waals surface area contributed by atoms with Crippen molar-refractivity contribution >= 4 is 34.4 Å². The van der Waals surface area contributed by atoms with E-state index in [0.29, 0.717) is 30.4 Å². The Kier molecular flexibility index (Phi) is 9.44. The second-order valence-electron chi connectivity index (χ2n) is 10.2. The summed E-state index contributed by atoms with van der Waals surface area (Å²) in [6.45, 7) is 14.9. The first-order valence-corrected chi connectivity index (χ1v) is 12.6. The maximum absolute atomic E-state index is 13.2. The molecule has 11 heteroatoms. The number of esters is 1. The summed E-state index contributed by atoms with van der Waals surface area (Å²) in [5, 5.41) is 0. The number of sulfonamides is 1. The molecular weight excluding hydrogens is 480 g/mol. The maximum atomic E-state index is 13.2. The number of benzene rings is 1.